The topological polar surface area (TPSA) is 36.4 Å². The summed E-state index contributed by atoms with van der Waals surface area (Å²) in [6, 6.07) is 6.33. The summed E-state index contributed by atoms with van der Waals surface area (Å²) in [5.41, 5.74) is 0.886. The molecule has 1 aromatic carbocycles. The minimum atomic E-state index is -4.18. The van der Waals surface area contributed by atoms with E-state index < -0.39 is 12.6 Å². The quantitative estimate of drug-likeness (QED) is 0.237. The van der Waals surface area contributed by atoms with Gasteiger partial charge in [0, 0.05) is 20.1 Å². The Balaban J connectivity index is 0.00000441. The third-order valence-corrected chi connectivity index (χ3v) is 2.75. The third-order valence-electron chi connectivity index (χ3n) is 2.75. The first-order valence-corrected chi connectivity index (χ1v) is 6.66. The van der Waals surface area contributed by atoms with Crippen molar-refractivity contribution in [3.05, 3.63) is 35.6 Å². The van der Waals surface area contributed by atoms with Crippen LogP contribution in [0.1, 0.15) is 18.4 Å². The molecule has 0 spiro atoms. The normalized spacial score (nSPS) is 11.8. The maximum atomic E-state index is 13.0. The molecule has 0 aromatic heterocycles. The van der Waals surface area contributed by atoms with Crippen molar-refractivity contribution in [3.8, 4) is 0 Å². The Morgan fingerprint density at radius 1 is 1.18 bits per heavy atom. The zero-order valence-corrected chi connectivity index (χ0v) is 14.5. The summed E-state index contributed by atoms with van der Waals surface area (Å²) in [7, 11) is 1.50. The number of nitrogens with zero attached hydrogens (tertiary/aromatic N) is 1. The second kappa shape index (κ2) is 10.6. The molecule has 0 saturated carbocycles. The molecule has 0 radical (unpaired) electrons. The van der Waals surface area contributed by atoms with Gasteiger partial charge in [-0.15, -0.1) is 24.0 Å². The Bertz CT molecular complexity index is 464. The molecule has 0 aliphatic rings. The van der Waals surface area contributed by atoms with Crippen LogP contribution in [-0.2, 0) is 6.42 Å². The molecule has 0 aliphatic carbocycles. The second-order valence-corrected chi connectivity index (χ2v) is 4.52. The lowest BCUT2D eigenvalue weighted by Gasteiger charge is -2.12. The molecule has 2 N–H and O–H groups in total. The van der Waals surface area contributed by atoms with Crippen LogP contribution in [0.5, 0.6) is 0 Å². The van der Waals surface area contributed by atoms with Crippen molar-refractivity contribution in [1.82, 2.24) is 10.6 Å². The number of hydrogen-bond donors (Lipinski definition) is 2. The molecule has 1 aromatic rings. The molecule has 0 aliphatic heterocycles. The summed E-state index contributed by atoms with van der Waals surface area (Å²) in [6.45, 7) is 0.329. The van der Waals surface area contributed by atoms with Gasteiger partial charge in [-0.3, -0.25) is 4.99 Å². The molecule has 0 heterocycles. The molecule has 0 bridgehead atoms. The van der Waals surface area contributed by atoms with Crippen molar-refractivity contribution >= 4 is 29.9 Å². The van der Waals surface area contributed by atoms with E-state index in [0.717, 1.165) is 12.0 Å². The fourth-order valence-electron chi connectivity index (χ4n) is 1.74. The molecule has 22 heavy (non-hydrogen) atoms. The van der Waals surface area contributed by atoms with Gasteiger partial charge in [-0.1, -0.05) is 12.1 Å². The van der Waals surface area contributed by atoms with Crippen LogP contribution in [0.3, 0.4) is 0 Å². The van der Waals surface area contributed by atoms with E-state index in [0.29, 0.717) is 18.9 Å². The van der Waals surface area contributed by atoms with Gasteiger partial charge >= 0.3 is 6.18 Å². The Morgan fingerprint density at radius 2 is 1.86 bits per heavy atom. The van der Waals surface area contributed by atoms with E-state index in [2.05, 4.69) is 15.6 Å². The van der Waals surface area contributed by atoms with E-state index in [1.807, 2.05) is 6.07 Å². The molecule has 0 unspecified atom stereocenters. The van der Waals surface area contributed by atoms with Crippen molar-refractivity contribution in [2.24, 2.45) is 4.99 Å². The Hall–Kier alpha value is -1.06. The molecule has 0 amide bonds. The molecule has 1 rings (SSSR count). The highest BCUT2D eigenvalue weighted by Gasteiger charge is 2.26. The van der Waals surface area contributed by atoms with Crippen LogP contribution in [0, 0.1) is 5.82 Å². The van der Waals surface area contributed by atoms with E-state index in [1.165, 1.54) is 19.2 Å². The van der Waals surface area contributed by atoms with Crippen LogP contribution in [-0.4, -0.2) is 32.3 Å². The van der Waals surface area contributed by atoms with E-state index in [4.69, 9.17) is 0 Å². The largest absolute Gasteiger partial charge is 0.390 e. The lowest BCUT2D eigenvalue weighted by molar-refractivity contribution is -0.132. The second-order valence-electron chi connectivity index (χ2n) is 4.52. The van der Waals surface area contributed by atoms with E-state index in [-0.39, 0.29) is 36.3 Å². The Labute approximate surface area is 144 Å². The van der Waals surface area contributed by atoms with Gasteiger partial charge in [0.25, 0.3) is 0 Å². The molecular formula is C14H20F4IN3. The summed E-state index contributed by atoms with van der Waals surface area (Å²) in [5, 5.41) is 5.51. The molecule has 8 heteroatoms. The number of benzene rings is 1. The van der Waals surface area contributed by atoms with Crippen LogP contribution in [0.15, 0.2) is 29.3 Å². The van der Waals surface area contributed by atoms with Crippen molar-refractivity contribution in [2.75, 3.05) is 20.1 Å². The lowest BCUT2D eigenvalue weighted by atomic mass is 10.1. The van der Waals surface area contributed by atoms with E-state index >= 15 is 0 Å². The van der Waals surface area contributed by atoms with Crippen LogP contribution in [0.4, 0.5) is 17.6 Å². The predicted molar refractivity (Wildman–Crippen MR) is 90.2 cm³/mol. The fourth-order valence-corrected chi connectivity index (χ4v) is 1.74. The Kier molecular flexibility index (Phi) is 10.1. The molecule has 0 fully saturated rings. The zero-order valence-electron chi connectivity index (χ0n) is 12.2. The minimum Gasteiger partial charge on any atom is -0.356 e. The van der Waals surface area contributed by atoms with Gasteiger partial charge in [0.2, 0.25) is 0 Å². The maximum absolute atomic E-state index is 13.0. The van der Waals surface area contributed by atoms with Gasteiger partial charge in [0.1, 0.15) is 5.82 Å². The van der Waals surface area contributed by atoms with Crippen LogP contribution in [0.25, 0.3) is 0 Å². The minimum absolute atomic E-state index is 0. The summed E-state index contributed by atoms with van der Waals surface area (Å²) in [4.78, 5) is 3.83. The number of aryl methyl sites for hydroxylation is 1. The van der Waals surface area contributed by atoms with Gasteiger partial charge in [-0.05, 0) is 30.5 Å². The molecular weight excluding hydrogens is 413 g/mol. The van der Waals surface area contributed by atoms with Crippen LogP contribution < -0.4 is 10.6 Å². The maximum Gasteiger partial charge on any atom is 0.390 e. The van der Waals surface area contributed by atoms with Crippen molar-refractivity contribution < 1.29 is 17.6 Å². The number of hydrogen-bond acceptors (Lipinski definition) is 1. The van der Waals surface area contributed by atoms with Gasteiger partial charge in [-0.2, -0.15) is 13.2 Å². The molecule has 126 valence electrons. The highest BCUT2D eigenvalue weighted by atomic mass is 127. The monoisotopic (exact) mass is 433 g/mol. The third kappa shape index (κ3) is 9.80. The highest BCUT2D eigenvalue weighted by molar-refractivity contribution is 14.0. The predicted octanol–water partition coefficient (Wildman–Crippen LogP) is 3.49. The first-order valence-electron chi connectivity index (χ1n) is 6.66. The van der Waals surface area contributed by atoms with Crippen molar-refractivity contribution in [1.29, 1.82) is 0 Å². The number of nitrogens with one attached hydrogen (secondary N) is 2. The van der Waals surface area contributed by atoms with Gasteiger partial charge in [0.15, 0.2) is 5.96 Å². The SMILES string of the molecule is CN=C(NCCCc1cccc(F)c1)NCCC(F)(F)F.I. The van der Waals surface area contributed by atoms with E-state index in [9.17, 15) is 17.6 Å². The number of guanidine groups is 1. The van der Waals surface area contributed by atoms with E-state index in [1.54, 1.807) is 6.07 Å². The fraction of sp³-hybridized carbons (Fsp3) is 0.500. The number of aliphatic imine (C=N–C) groups is 1. The van der Waals surface area contributed by atoms with Crippen molar-refractivity contribution in [3.63, 3.8) is 0 Å². The number of rotatable bonds is 6. The first kappa shape index (κ1) is 20.9. The van der Waals surface area contributed by atoms with Crippen molar-refractivity contribution in [2.45, 2.75) is 25.4 Å². The lowest BCUT2D eigenvalue weighted by Crippen LogP contribution is -2.39. The molecule has 3 nitrogen and oxygen atoms in total. The molecule has 0 atom stereocenters. The summed E-state index contributed by atoms with van der Waals surface area (Å²) >= 11 is 0. The summed E-state index contributed by atoms with van der Waals surface area (Å²) in [6.07, 6.45) is -3.67. The molecule has 0 saturated heterocycles. The zero-order chi connectivity index (χ0) is 15.7. The summed E-state index contributed by atoms with van der Waals surface area (Å²) in [5.74, 6) is 0.0589. The van der Waals surface area contributed by atoms with Gasteiger partial charge in [-0.25, -0.2) is 4.39 Å². The van der Waals surface area contributed by atoms with Crippen LogP contribution in [0.2, 0.25) is 0 Å². The number of halogens is 5. The average Bonchev–Trinajstić information content (AvgIpc) is 2.40. The smallest absolute Gasteiger partial charge is 0.356 e. The van der Waals surface area contributed by atoms with Gasteiger partial charge < -0.3 is 10.6 Å². The standard InChI is InChI=1S/C14H19F4N3.HI/c1-19-13(21-9-7-14(16,17)18)20-8-3-5-11-4-2-6-12(15)10-11;/h2,4,6,10H,3,5,7-9H2,1H3,(H2,19,20,21);1H. The first-order chi connectivity index (χ1) is 9.90. The highest BCUT2D eigenvalue weighted by Crippen LogP contribution is 2.17. The summed E-state index contributed by atoms with van der Waals surface area (Å²) < 4.78 is 49.0. The average molecular weight is 433 g/mol. The van der Waals surface area contributed by atoms with Gasteiger partial charge in [0.05, 0.1) is 6.42 Å². The number of alkyl halides is 3. The van der Waals surface area contributed by atoms with Crippen LogP contribution >= 0.6 is 24.0 Å². The Morgan fingerprint density at radius 3 is 2.45 bits per heavy atom.